The molecule has 0 aliphatic carbocycles. The van der Waals surface area contributed by atoms with Crippen molar-refractivity contribution in [2.45, 2.75) is 38.5 Å². The standard InChI is InChI=1S/C14H15F3O2/c1-13(2,3)9-6-4-8(5-7-9)11-10(12(18)19-11)14(15,16)17/h4-7,10-11H,1-3H3/t10-,11?/m1/s1. The van der Waals surface area contributed by atoms with E-state index >= 15 is 0 Å². The molecule has 5 heteroatoms. The second-order valence-electron chi connectivity index (χ2n) is 5.75. The molecule has 1 saturated heterocycles. The first-order valence-electron chi connectivity index (χ1n) is 5.98. The summed E-state index contributed by atoms with van der Waals surface area (Å²) in [6.07, 6.45) is -5.76. The van der Waals surface area contributed by atoms with Crippen LogP contribution in [-0.2, 0) is 14.9 Å². The molecule has 2 rings (SSSR count). The molecule has 1 fully saturated rings. The van der Waals surface area contributed by atoms with E-state index in [0.717, 1.165) is 5.56 Å². The number of halogens is 3. The Morgan fingerprint density at radius 1 is 1.05 bits per heavy atom. The molecule has 0 saturated carbocycles. The van der Waals surface area contributed by atoms with E-state index < -0.39 is 24.2 Å². The number of carbonyl (C=O) groups is 1. The van der Waals surface area contributed by atoms with Crippen LogP contribution in [0.2, 0.25) is 0 Å². The summed E-state index contributed by atoms with van der Waals surface area (Å²) in [5.41, 5.74) is 1.33. The summed E-state index contributed by atoms with van der Waals surface area (Å²) in [6, 6.07) is 6.73. The van der Waals surface area contributed by atoms with E-state index in [1.165, 1.54) is 0 Å². The van der Waals surface area contributed by atoms with Crippen molar-refractivity contribution in [1.29, 1.82) is 0 Å². The predicted octanol–water partition coefficient (Wildman–Crippen LogP) is 3.76. The van der Waals surface area contributed by atoms with Crippen LogP contribution in [0.25, 0.3) is 0 Å². The van der Waals surface area contributed by atoms with E-state index in [9.17, 15) is 18.0 Å². The van der Waals surface area contributed by atoms with Gasteiger partial charge >= 0.3 is 12.1 Å². The highest BCUT2D eigenvalue weighted by Gasteiger charge is 2.59. The molecule has 2 atom stereocenters. The van der Waals surface area contributed by atoms with Crippen molar-refractivity contribution < 1.29 is 22.7 Å². The number of cyclic esters (lactones) is 1. The minimum Gasteiger partial charge on any atom is -0.456 e. The second-order valence-corrected chi connectivity index (χ2v) is 5.75. The third kappa shape index (κ3) is 2.60. The highest BCUT2D eigenvalue weighted by atomic mass is 19.4. The monoisotopic (exact) mass is 272 g/mol. The molecule has 0 N–H and O–H groups in total. The van der Waals surface area contributed by atoms with Gasteiger partial charge in [0, 0.05) is 0 Å². The summed E-state index contributed by atoms with van der Waals surface area (Å²) in [5, 5.41) is 0. The summed E-state index contributed by atoms with van der Waals surface area (Å²) in [6.45, 7) is 6.05. The van der Waals surface area contributed by atoms with Crippen LogP contribution in [0.1, 0.15) is 38.0 Å². The van der Waals surface area contributed by atoms with Crippen molar-refractivity contribution in [2.75, 3.05) is 0 Å². The molecular weight excluding hydrogens is 257 g/mol. The number of ether oxygens (including phenoxy) is 1. The zero-order chi connectivity index (χ0) is 14.4. The van der Waals surface area contributed by atoms with Crippen molar-refractivity contribution in [3.63, 3.8) is 0 Å². The molecule has 2 nitrogen and oxygen atoms in total. The van der Waals surface area contributed by atoms with E-state index in [1.54, 1.807) is 24.3 Å². The van der Waals surface area contributed by atoms with Gasteiger partial charge in [0.05, 0.1) is 0 Å². The Bertz CT molecular complexity index is 483. The van der Waals surface area contributed by atoms with Gasteiger partial charge in [-0.2, -0.15) is 13.2 Å². The molecule has 1 aromatic carbocycles. The maximum Gasteiger partial charge on any atom is 0.406 e. The molecule has 1 unspecified atom stereocenters. The number of benzene rings is 1. The van der Waals surface area contributed by atoms with Gasteiger partial charge in [-0.1, -0.05) is 45.0 Å². The molecule has 1 aliphatic heterocycles. The third-order valence-corrected chi connectivity index (χ3v) is 3.26. The van der Waals surface area contributed by atoms with Crippen LogP contribution >= 0.6 is 0 Å². The van der Waals surface area contributed by atoms with Crippen LogP contribution in [0, 0.1) is 5.92 Å². The number of hydrogen-bond donors (Lipinski definition) is 0. The lowest BCUT2D eigenvalue weighted by Gasteiger charge is -2.36. The Balaban J connectivity index is 2.22. The topological polar surface area (TPSA) is 26.3 Å². The molecule has 0 aromatic heterocycles. The lowest BCUT2D eigenvalue weighted by Crippen LogP contribution is -2.47. The Morgan fingerprint density at radius 3 is 1.95 bits per heavy atom. The summed E-state index contributed by atoms with van der Waals surface area (Å²) in [4.78, 5) is 10.9. The summed E-state index contributed by atoms with van der Waals surface area (Å²) in [5.74, 6) is -3.23. The Hall–Kier alpha value is -1.52. The first-order valence-corrected chi connectivity index (χ1v) is 5.98. The molecule has 1 aliphatic rings. The lowest BCUT2D eigenvalue weighted by molar-refractivity contribution is -0.256. The van der Waals surface area contributed by atoms with Gasteiger partial charge in [0.15, 0.2) is 5.92 Å². The van der Waals surface area contributed by atoms with Gasteiger partial charge in [0.25, 0.3) is 0 Å². The van der Waals surface area contributed by atoms with Crippen LogP contribution in [0.15, 0.2) is 24.3 Å². The van der Waals surface area contributed by atoms with Crippen molar-refractivity contribution in [3.8, 4) is 0 Å². The summed E-state index contributed by atoms with van der Waals surface area (Å²) >= 11 is 0. The Kier molecular flexibility index (Phi) is 3.11. The van der Waals surface area contributed by atoms with E-state index in [0.29, 0.717) is 5.56 Å². The zero-order valence-corrected chi connectivity index (χ0v) is 10.9. The molecule has 0 amide bonds. The van der Waals surface area contributed by atoms with Gasteiger partial charge in [-0.25, -0.2) is 0 Å². The van der Waals surface area contributed by atoms with Gasteiger partial charge in [-0.3, -0.25) is 4.79 Å². The number of alkyl halides is 3. The predicted molar refractivity (Wildman–Crippen MR) is 63.5 cm³/mol. The molecular formula is C14H15F3O2. The highest BCUT2D eigenvalue weighted by molar-refractivity contribution is 5.80. The molecule has 104 valence electrons. The van der Waals surface area contributed by atoms with Gasteiger partial charge in [-0.05, 0) is 16.5 Å². The van der Waals surface area contributed by atoms with Crippen molar-refractivity contribution in [1.82, 2.24) is 0 Å². The fourth-order valence-corrected chi connectivity index (χ4v) is 2.06. The van der Waals surface area contributed by atoms with Gasteiger partial charge in [0.1, 0.15) is 6.10 Å². The zero-order valence-electron chi connectivity index (χ0n) is 10.9. The highest BCUT2D eigenvalue weighted by Crippen LogP contribution is 2.46. The van der Waals surface area contributed by atoms with Crippen molar-refractivity contribution in [3.05, 3.63) is 35.4 Å². The second kappa shape index (κ2) is 4.25. The molecule has 0 bridgehead atoms. The molecule has 1 aromatic rings. The average molecular weight is 272 g/mol. The summed E-state index contributed by atoms with van der Waals surface area (Å²) in [7, 11) is 0. The van der Waals surface area contributed by atoms with Crippen LogP contribution in [-0.4, -0.2) is 12.1 Å². The number of rotatable bonds is 1. The normalized spacial score (nSPS) is 23.8. The van der Waals surface area contributed by atoms with Gasteiger partial charge in [0.2, 0.25) is 0 Å². The van der Waals surface area contributed by atoms with E-state index in [2.05, 4.69) is 4.74 Å². The molecule has 19 heavy (non-hydrogen) atoms. The van der Waals surface area contributed by atoms with Crippen LogP contribution in [0.3, 0.4) is 0 Å². The van der Waals surface area contributed by atoms with E-state index in [-0.39, 0.29) is 5.41 Å². The maximum atomic E-state index is 12.7. The largest absolute Gasteiger partial charge is 0.456 e. The van der Waals surface area contributed by atoms with Crippen LogP contribution < -0.4 is 0 Å². The third-order valence-electron chi connectivity index (χ3n) is 3.26. The Morgan fingerprint density at radius 2 is 1.58 bits per heavy atom. The number of esters is 1. The van der Waals surface area contributed by atoms with E-state index in [4.69, 9.17) is 0 Å². The fourth-order valence-electron chi connectivity index (χ4n) is 2.06. The fraction of sp³-hybridized carbons (Fsp3) is 0.500. The Labute approximate surface area is 109 Å². The molecule has 1 heterocycles. The quantitative estimate of drug-likeness (QED) is 0.728. The minimum atomic E-state index is -4.55. The molecule has 0 spiro atoms. The maximum absolute atomic E-state index is 12.7. The number of carbonyl (C=O) groups excluding carboxylic acids is 1. The van der Waals surface area contributed by atoms with Crippen LogP contribution in [0.5, 0.6) is 0 Å². The minimum absolute atomic E-state index is 0.0712. The van der Waals surface area contributed by atoms with Crippen LogP contribution in [0.4, 0.5) is 13.2 Å². The van der Waals surface area contributed by atoms with Gasteiger partial charge in [-0.15, -0.1) is 0 Å². The smallest absolute Gasteiger partial charge is 0.406 e. The SMILES string of the molecule is CC(C)(C)c1ccc(C2OC(=O)[C@@H]2C(F)(F)F)cc1. The van der Waals surface area contributed by atoms with E-state index in [1.807, 2.05) is 20.8 Å². The van der Waals surface area contributed by atoms with Crippen molar-refractivity contribution in [2.24, 2.45) is 5.92 Å². The average Bonchev–Trinajstić information content (AvgIpc) is 2.22. The lowest BCUT2D eigenvalue weighted by atomic mass is 9.84. The molecule has 0 radical (unpaired) electrons. The first-order chi connectivity index (χ1) is 8.60. The first kappa shape index (κ1) is 13.9. The number of hydrogen-bond acceptors (Lipinski definition) is 2. The summed E-state index contributed by atoms with van der Waals surface area (Å²) < 4.78 is 42.6. The van der Waals surface area contributed by atoms with Gasteiger partial charge < -0.3 is 4.74 Å². The van der Waals surface area contributed by atoms with Crippen molar-refractivity contribution >= 4 is 5.97 Å².